The monoisotopic (exact) mass is 281 g/mol. The van der Waals surface area contributed by atoms with E-state index in [1.807, 2.05) is 0 Å². The van der Waals surface area contributed by atoms with Crippen LogP contribution >= 0.6 is 15.9 Å². The topological polar surface area (TPSA) is 43.1 Å². The molecule has 15 heavy (non-hydrogen) atoms. The molecule has 0 atom stereocenters. The highest BCUT2D eigenvalue weighted by Crippen LogP contribution is 2.31. The van der Waals surface area contributed by atoms with Gasteiger partial charge in [0.2, 0.25) is 0 Å². The van der Waals surface area contributed by atoms with E-state index in [-0.39, 0.29) is 22.4 Å². The first-order valence-corrected chi connectivity index (χ1v) is 5.04. The Kier molecular flexibility index (Phi) is 3.38. The number of ketones is 1. The molecular formula is C9H7BrF3NO. The quantitative estimate of drug-likeness (QED) is 0.515. The van der Waals surface area contributed by atoms with Crippen molar-refractivity contribution in [2.45, 2.75) is 6.18 Å². The van der Waals surface area contributed by atoms with E-state index in [0.29, 0.717) is 0 Å². The van der Waals surface area contributed by atoms with Crippen LogP contribution in [0.4, 0.5) is 18.9 Å². The van der Waals surface area contributed by atoms with Crippen LogP contribution in [-0.4, -0.2) is 11.1 Å². The Morgan fingerprint density at radius 1 is 1.40 bits per heavy atom. The summed E-state index contributed by atoms with van der Waals surface area (Å²) in [5, 5.41) is 0.0303. The summed E-state index contributed by atoms with van der Waals surface area (Å²) in [5.41, 5.74) is 4.44. The Labute approximate surface area is 92.4 Å². The van der Waals surface area contributed by atoms with Crippen LogP contribution in [0.1, 0.15) is 15.9 Å². The first kappa shape index (κ1) is 12.0. The molecule has 0 fully saturated rings. The average molecular weight is 282 g/mol. The van der Waals surface area contributed by atoms with E-state index in [9.17, 15) is 18.0 Å². The Morgan fingerprint density at radius 2 is 2.00 bits per heavy atom. The SMILES string of the molecule is Nc1cc(C(F)(F)F)ccc1C(=O)CBr. The minimum atomic E-state index is -4.44. The average Bonchev–Trinajstić information content (AvgIpc) is 2.15. The molecule has 82 valence electrons. The molecule has 0 radical (unpaired) electrons. The van der Waals surface area contributed by atoms with Crippen molar-refractivity contribution in [1.29, 1.82) is 0 Å². The highest BCUT2D eigenvalue weighted by molar-refractivity contribution is 9.09. The molecule has 0 aliphatic heterocycles. The van der Waals surface area contributed by atoms with Gasteiger partial charge >= 0.3 is 6.18 Å². The second kappa shape index (κ2) is 4.22. The molecule has 0 unspecified atom stereocenters. The lowest BCUT2D eigenvalue weighted by molar-refractivity contribution is -0.137. The van der Waals surface area contributed by atoms with Gasteiger partial charge in [0.15, 0.2) is 5.78 Å². The zero-order valence-electron chi connectivity index (χ0n) is 7.44. The minimum Gasteiger partial charge on any atom is -0.398 e. The smallest absolute Gasteiger partial charge is 0.398 e. The van der Waals surface area contributed by atoms with Gasteiger partial charge in [-0.15, -0.1) is 0 Å². The minimum absolute atomic E-state index is 0.0303. The molecule has 2 N–H and O–H groups in total. The highest BCUT2D eigenvalue weighted by Gasteiger charge is 2.31. The summed E-state index contributed by atoms with van der Waals surface area (Å²) >= 11 is 2.92. The molecule has 0 aliphatic carbocycles. The Morgan fingerprint density at radius 3 is 2.40 bits per heavy atom. The van der Waals surface area contributed by atoms with Gasteiger partial charge in [0.05, 0.1) is 10.9 Å². The van der Waals surface area contributed by atoms with Crippen molar-refractivity contribution >= 4 is 27.4 Å². The van der Waals surface area contributed by atoms with Crippen molar-refractivity contribution in [2.24, 2.45) is 0 Å². The summed E-state index contributed by atoms with van der Waals surface area (Å²) in [6.45, 7) is 0. The van der Waals surface area contributed by atoms with Gasteiger partial charge in [-0.1, -0.05) is 15.9 Å². The van der Waals surface area contributed by atoms with E-state index in [4.69, 9.17) is 5.73 Å². The molecule has 0 spiro atoms. The lowest BCUT2D eigenvalue weighted by Gasteiger charge is -2.09. The summed E-state index contributed by atoms with van der Waals surface area (Å²) in [6.07, 6.45) is -4.44. The largest absolute Gasteiger partial charge is 0.416 e. The molecule has 6 heteroatoms. The Bertz CT molecular complexity index is 389. The normalized spacial score (nSPS) is 11.5. The van der Waals surface area contributed by atoms with Gasteiger partial charge in [-0.25, -0.2) is 0 Å². The van der Waals surface area contributed by atoms with Crippen molar-refractivity contribution in [2.75, 3.05) is 11.1 Å². The van der Waals surface area contributed by atoms with Crippen LogP contribution in [0, 0.1) is 0 Å². The first-order chi connectivity index (χ1) is 6.86. The number of rotatable bonds is 2. The van der Waals surface area contributed by atoms with Crippen molar-refractivity contribution < 1.29 is 18.0 Å². The molecule has 0 saturated carbocycles. The molecule has 0 aliphatic rings. The molecule has 0 bridgehead atoms. The summed E-state index contributed by atoms with van der Waals surface area (Å²) < 4.78 is 36.7. The fourth-order valence-corrected chi connectivity index (χ4v) is 1.37. The van der Waals surface area contributed by atoms with Crippen LogP contribution < -0.4 is 5.73 Å². The lowest BCUT2D eigenvalue weighted by Crippen LogP contribution is -2.09. The predicted octanol–water partition coefficient (Wildman–Crippen LogP) is 2.87. The number of hydrogen-bond acceptors (Lipinski definition) is 2. The number of alkyl halides is 4. The van der Waals surface area contributed by atoms with Crippen LogP contribution in [0.25, 0.3) is 0 Å². The van der Waals surface area contributed by atoms with E-state index in [1.165, 1.54) is 0 Å². The number of nitrogen functional groups attached to an aromatic ring is 1. The lowest BCUT2D eigenvalue weighted by atomic mass is 10.1. The van der Waals surface area contributed by atoms with Crippen molar-refractivity contribution in [1.82, 2.24) is 0 Å². The van der Waals surface area contributed by atoms with Gasteiger partial charge in [0.25, 0.3) is 0 Å². The van der Waals surface area contributed by atoms with Crippen LogP contribution in [0.15, 0.2) is 18.2 Å². The third-order valence-corrected chi connectivity index (χ3v) is 2.31. The van der Waals surface area contributed by atoms with E-state index in [1.54, 1.807) is 0 Å². The van der Waals surface area contributed by atoms with Crippen LogP contribution in [0.2, 0.25) is 0 Å². The fourth-order valence-electron chi connectivity index (χ4n) is 1.06. The third-order valence-electron chi connectivity index (χ3n) is 1.80. The number of Topliss-reactive ketones (excluding diaryl/α,β-unsaturated/α-hetero) is 1. The van der Waals surface area contributed by atoms with Gasteiger partial charge in [-0.2, -0.15) is 13.2 Å². The number of carbonyl (C=O) groups excluding carboxylic acids is 1. The molecule has 0 amide bonds. The standard InChI is InChI=1S/C9H7BrF3NO/c10-4-8(15)6-2-1-5(3-7(6)14)9(11,12)13/h1-3H,4,14H2. The van der Waals surface area contributed by atoms with E-state index in [0.717, 1.165) is 18.2 Å². The van der Waals surface area contributed by atoms with Gasteiger partial charge in [0, 0.05) is 11.3 Å². The maximum absolute atomic E-state index is 12.2. The van der Waals surface area contributed by atoms with Crippen LogP contribution in [0.3, 0.4) is 0 Å². The molecule has 0 aromatic heterocycles. The Hall–Kier alpha value is -1.04. The predicted molar refractivity (Wildman–Crippen MR) is 54.0 cm³/mol. The van der Waals surface area contributed by atoms with Crippen molar-refractivity contribution in [3.63, 3.8) is 0 Å². The van der Waals surface area contributed by atoms with Crippen molar-refractivity contribution in [3.05, 3.63) is 29.3 Å². The first-order valence-electron chi connectivity index (χ1n) is 3.92. The summed E-state index contributed by atoms with van der Waals surface area (Å²) in [4.78, 5) is 11.2. The second-order valence-corrected chi connectivity index (χ2v) is 3.42. The molecule has 0 saturated heterocycles. The number of anilines is 1. The summed E-state index contributed by atoms with van der Waals surface area (Å²) in [6, 6.07) is 2.68. The number of hydrogen-bond donors (Lipinski definition) is 1. The molecule has 0 heterocycles. The second-order valence-electron chi connectivity index (χ2n) is 2.86. The van der Waals surface area contributed by atoms with Gasteiger partial charge in [0.1, 0.15) is 0 Å². The molecule has 1 aromatic carbocycles. The highest BCUT2D eigenvalue weighted by atomic mass is 79.9. The Balaban J connectivity index is 3.15. The number of nitrogens with two attached hydrogens (primary N) is 1. The number of carbonyl (C=O) groups is 1. The van der Waals surface area contributed by atoms with Crippen LogP contribution in [-0.2, 0) is 6.18 Å². The van der Waals surface area contributed by atoms with Gasteiger partial charge < -0.3 is 5.73 Å². The molecular weight excluding hydrogens is 275 g/mol. The van der Waals surface area contributed by atoms with E-state index >= 15 is 0 Å². The van der Waals surface area contributed by atoms with E-state index in [2.05, 4.69) is 15.9 Å². The zero-order chi connectivity index (χ0) is 11.6. The maximum Gasteiger partial charge on any atom is 0.416 e. The fraction of sp³-hybridized carbons (Fsp3) is 0.222. The van der Waals surface area contributed by atoms with Gasteiger partial charge in [-0.05, 0) is 18.2 Å². The molecule has 1 aromatic rings. The van der Waals surface area contributed by atoms with Crippen LogP contribution in [0.5, 0.6) is 0 Å². The maximum atomic E-state index is 12.2. The summed E-state index contributed by atoms with van der Waals surface area (Å²) in [5.74, 6) is -0.346. The zero-order valence-corrected chi connectivity index (χ0v) is 9.02. The number of benzene rings is 1. The number of halogens is 4. The molecule has 1 rings (SSSR count). The molecule has 2 nitrogen and oxygen atoms in total. The van der Waals surface area contributed by atoms with Crippen molar-refractivity contribution in [3.8, 4) is 0 Å². The van der Waals surface area contributed by atoms with Gasteiger partial charge in [-0.3, -0.25) is 4.79 Å². The van der Waals surface area contributed by atoms with E-state index < -0.39 is 11.7 Å². The third kappa shape index (κ3) is 2.71. The summed E-state index contributed by atoms with van der Waals surface area (Å²) in [7, 11) is 0.